The van der Waals surface area contributed by atoms with Crippen molar-refractivity contribution in [3.05, 3.63) is 29.3 Å². The highest BCUT2D eigenvalue weighted by Crippen LogP contribution is 2.26. The fourth-order valence-electron chi connectivity index (χ4n) is 5.22. The Hall–Kier alpha value is -1.52. The number of morpholine rings is 1. The monoisotopic (exact) mass is 492 g/mol. The Morgan fingerprint density at radius 1 is 1.06 bits per heavy atom. The van der Waals surface area contributed by atoms with Crippen LogP contribution in [-0.4, -0.2) is 100 Å². The molecule has 2 aliphatic heterocycles. The molecule has 1 atom stereocenters. The van der Waals surface area contributed by atoms with Gasteiger partial charge in [0.25, 0.3) is 0 Å². The molecule has 1 amide bonds. The van der Waals surface area contributed by atoms with E-state index < -0.39 is 10.0 Å². The van der Waals surface area contributed by atoms with E-state index in [-0.39, 0.29) is 18.6 Å². The Kier molecular flexibility index (Phi) is 8.63. The number of hydrogen-bond donors (Lipinski definition) is 1. The predicted molar refractivity (Wildman–Crippen MR) is 132 cm³/mol. The first-order chi connectivity index (χ1) is 16.3. The number of fused-ring (bicyclic) bond motifs is 1. The van der Waals surface area contributed by atoms with Gasteiger partial charge in [-0.1, -0.05) is 19.9 Å². The lowest BCUT2D eigenvalue weighted by Gasteiger charge is -2.35. The van der Waals surface area contributed by atoms with Gasteiger partial charge in [0.1, 0.15) is 0 Å². The predicted octanol–water partition coefficient (Wildman–Crippen LogP) is 1.34. The van der Waals surface area contributed by atoms with Crippen LogP contribution in [0.4, 0.5) is 0 Å². The zero-order valence-corrected chi connectivity index (χ0v) is 21.5. The molecule has 4 rings (SSSR count). The van der Waals surface area contributed by atoms with E-state index in [0.29, 0.717) is 50.1 Å². The molecule has 1 aliphatic carbocycles. The van der Waals surface area contributed by atoms with E-state index >= 15 is 0 Å². The van der Waals surface area contributed by atoms with Crippen molar-refractivity contribution in [3.63, 3.8) is 0 Å². The van der Waals surface area contributed by atoms with Crippen molar-refractivity contribution >= 4 is 15.9 Å². The number of carbonyl (C=O) groups is 1. The first kappa shape index (κ1) is 25.6. The first-order valence-electron chi connectivity index (χ1n) is 12.8. The first-order valence-corrected chi connectivity index (χ1v) is 14.2. The molecule has 2 heterocycles. The molecule has 1 aromatic rings. The third-order valence-electron chi connectivity index (χ3n) is 7.03. The quantitative estimate of drug-likeness (QED) is 0.590. The van der Waals surface area contributed by atoms with E-state index in [4.69, 9.17) is 4.74 Å². The van der Waals surface area contributed by atoms with Crippen LogP contribution in [0.25, 0.3) is 0 Å². The number of rotatable bonds is 8. The Balaban J connectivity index is 1.22. The molecule has 1 N–H and O–H groups in total. The SMILES string of the molecule is CC(C)CN1CCOC(CNC(=O)CN2CCN(S(=O)(=O)c3ccc4c(c3)CCCC4)CC2)C1. The van der Waals surface area contributed by atoms with Crippen LogP contribution in [0.5, 0.6) is 0 Å². The summed E-state index contributed by atoms with van der Waals surface area (Å²) in [4.78, 5) is 17.3. The van der Waals surface area contributed by atoms with Crippen LogP contribution in [0.2, 0.25) is 0 Å². The summed E-state index contributed by atoms with van der Waals surface area (Å²) in [5, 5.41) is 3.01. The molecule has 0 bridgehead atoms. The third-order valence-corrected chi connectivity index (χ3v) is 8.92. The highest BCUT2D eigenvalue weighted by Gasteiger charge is 2.30. The van der Waals surface area contributed by atoms with Crippen molar-refractivity contribution in [2.75, 3.05) is 65.5 Å². The number of ether oxygens (including phenoxy) is 1. The third kappa shape index (κ3) is 6.57. The van der Waals surface area contributed by atoms with E-state index in [2.05, 4.69) is 24.1 Å². The van der Waals surface area contributed by atoms with E-state index in [0.717, 1.165) is 38.9 Å². The highest BCUT2D eigenvalue weighted by molar-refractivity contribution is 7.89. The number of aryl methyl sites for hydroxylation is 2. The number of amides is 1. The second-order valence-corrected chi connectivity index (χ2v) is 12.2. The summed E-state index contributed by atoms with van der Waals surface area (Å²) in [6, 6.07) is 5.62. The lowest BCUT2D eigenvalue weighted by molar-refractivity contribution is -0.123. The van der Waals surface area contributed by atoms with E-state index in [1.54, 1.807) is 10.4 Å². The number of hydrogen-bond acceptors (Lipinski definition) is 6. The van der Waals surface area contributed by atoms with Gasteiger partial charge in [-0.05, 0) is 54.9 Å². The Bertz CT molecular complexity index is 944. The maximum atomic E-state index is 13.2. The van der Waals surface area contributed by atoms with Crippen LogP contribution in [0, 0.1) is 5.92 Å². The summed E-state index contributed by atoms with van der Waals surface area (Å²) < 4.78 is 33.7. The van der Waals surface area contributed by atoms with Gasteiger partial charge in [0.15, 0.2) is 0 Å². The maximum Gasteiger partial charge on any atom is 0.243 e. The summed E-state index contributed by atoms with van der Waals surface area (Å²) in [5.41, 5.74) is 2.46. The second kappa shape index (κ2) is 11.5. The van der Waals surface area contributed by atoms with Gasteiger partial charge in [0, 0.05) is 52.4 Å². The number of piperazine rings is 1. The summed E-state index contributed by atoms with van der Waals surface area (Å²) in [6.07, 6.45) is 4.33. The fraction of sp³-hybridized carbons (Fsp3) is 0.720. The van der Waals surface area contributed by atoms with Crippen LogP contribution < -0.4 is 5.32 Å². The molecule has 0 spiro atoms. The molecule has 3 aliphatic rings. The Labute approximate surface area is 204 Å². The summed E-state index contributed by atoms with van der Waals surface area (Å²) in [6.45, 7) is 10.7. The van der Waals surface area contributed by atoms with Crippen molar-refractivity contribution in [1.82, 2.24) is 19.4 Å². The van der Waals surface area contributed by atoms with Crippen LogP contribution in [-0.2, 0) is 32.4 Å². The molecule has 1 aromatic carbocycles. The van der Waals surface area contributed by atoms with Crippen LogP contribution in [0.3, 0.4) is 0 Å². The molecule has 1 unspecified atom stereocenters. The molecular weight excluding hydrogens is 452 g/mol. The normalized spacial score (nSPS) is 23.1. The van der Waals surface area contributed by atoms with Crippen molar-refractivity contribution in [3.8, 4) is 0 Å². The molecule has 8 nitrogen and oxygen atoms in total. The number of sulfonamides is 1. The number of benzene rings is 1. The zero-order chi connectivity index (χ0) is 24.1. The molecule has 2 saturated heterocycles. The smallest absolute Gasteiger partial charge is 0.243 e. The topological polar surface area (TPSA) is 82.2 Å². The minimum atomic E-state index is -3.50. The number of carbonyl (C=O) groups excluding carboxylic acids is 1. The van der Waals surface area contributed by atoms with Crippen LogP contribution in [0.15, 0.2) is 23.1 Å². The second-order valence-electron chi connectivity index (χ2n) is 10.3. The molecule has 34 heavy (non-hydrogen) atoms. The number of nitrogens with one attached hydrogen (secondary N) is 1. The highest BCUT2D eigenvalue weighted by atomic mass is 32.2. The summed E-state index contributed by atoms with van der Waals surface area (Å²) in [5.74, 6) is 0.582. The molecule has 9 heteroatoms. The molecule has 2 fully saturated rings. The number of nitrogens with zero attached hydrogens (tertiary/aromatic N) is 3. The minimum Gasteiger partial charge on any atom is -0.374 e. The maximum absolute atomic E-state index is 13.2. The van der Waals surface area contributed by atoms with E-state index in [1.807, 2.05) is 17.0 Å². The Morgan fingerprint density at radius 3 is 2.53 bits per heavy atom. The van der Waals surface area contributed by atoms with Gasteiger partial charge >= 0.3 is 0 Å². The van der Waals surface area contributed by atoms with Gasteiger partial charge < -0.3 is 10.1 Å². The van der Waals surface area contributed by atoms with Gasteiger partial charge in [-0.25, -0.2) is 8.42 Å². The molecule has 190 valence electrons. The van der Waals surface area contributed by atoms with Crippen molar-refractivity contribution < 1.29 is 17.9 Å². The minimum absolute atomic E-state index is 0.0232. The van der Waals surface area contributed by atoms with E-state index in [9.17, 15) is 13.2 Å². The zero-order valence-electron chi connectivity index (χ0n) is 20.7. The lowest BCUT2D eigenvalue weighted by Crippen LogP contribution is -2.52. The summed E-state index contributed by atoms with van der Waals surface area (Å²) >= 11 is 0. The lowest BCUT2D eigenvalue weighted by atomic mass is 9.92. The Morgan fingerprint density at radius 2 is 1.79 bits per heavy atom. The van der Waals surface area contributed by atoms with Gasteiger partial charge in [-0.3, -0.25) is 14.6 Å². The van der Waals surface area contributed by atoms with Crippen LogP contribution >= 0.6 is 0 Å². The van der Waals surface area contributed by atoms with Gasteiger partial charge in [-0.2, -0.15) is 4.31 Å². The van der Waals surface area contributed by atoms with Crippen molar-refractivity contribution in [2.45, 2.75) is 50.5 Å². The fourth-order valence-corrected chi connectivity index (χ4v) is 6.69. The molecule has 0 saturated carbocycles. The largest absolute Gasteiger partial charge is 0.374 e. The molecule has 0 radical (unpaired) electrons. The van der Waals surface area contributed by atoms with E-state index in [1.165, 1.54) is 17.5 Å². The van der Waals surface area contributed by atoms with Gasteiger partial charge in [-0.15, -0.1) is 0 Å². The average Bonchev–Trinajstić information content (AvgIpc) is 2.82. The van der Waals surface area contributed by atoms with Gasteiger partial charge in [0.2, 0.25) is 15.9 Å². The van der Waals surface area contributed by atoms with Crippen molar-refractivity contribution in [2.24, 2.45) is 5.92 Å². The van der Waals surface area contributed by atoms with Gasteiger partial charge in [0.05, 0.1) is 24.2 Å². The molecule has 0 aromatic heterocycles. The van der Waals surface area contributed by atoms with Crippen molar-refractivity contribution in [1.29, 1.82) is 0 Å². The van der Waals surface area contributed by atoms with Crippen LogP contribution in [0.1, 0.15) is 37.8 Å². The average molecular weight is 493 g/mol. The standard InChI is InChI=1S/C25H40N4O4S/c1-20(2)17-28-13-14-33-23(18-28)16-26-25(30)19-27-9-11-29(12-10-27)34(31,32)24-8-7-21-5-3-4-6-22(21)15-24/h7-8,15,20,23H,3-6,9-14,16-19H2,1-2H3,(H,26,30). The molecular formula is C25H40N4O4S. The summed E-state index contributed by atoms with van der Waals surface area (Å²) in [7, 11) is -3.50.